The molecule has 0 spiro atoms. The molecule has 3 aromatic rings. The lowest BCUT2D eigenvalue weighted by Crippen LogP contribution is -2.28. The van der Waals surface area contributed by atoms with Gasteiger partial charge in [-0.05, 0) is 17.5 Å². The number of non-ortho nitro benzene ring substituents is 1. The highest BCUT2D eigenvalue weighted by atomic mass is 32.1. The second kappa shape index (κ2) is 6.92. The largest absolute Gasteiger partial charge is 0.496 e. The highest BCUT2D eigenvalue weighted by molar-refractivity contribution is 7.17. The van der Waals surface area contributed by atoms with E-state index in [-0.39, 0.29) is 29.1 Å². The molecule has 0 bridgehead atoms. The minimum Gasteiger partial charge on any atom is -0.496 e. The van der Waals surface area contributed by atoms with Crippen molar-refractivity contribution in [2.24, 2.45) is 0 Å². The number of methoxy groups -OCH3 is 1. The Morgan fingerprint density at radius 1 is 1.42 bits per heavy atom. The van der Waals surface area contributed by atoms with E-state index in [4.69, 9.17) is 4.74 Å². The predicted molar refractivity (Wildman–Crippen MR) is 95.7 cm³/mol. The lowest BCUT2D eigenvalue weighted by Gasteiger charge is -2.18. The molecular weight excluding hydrogens is 360 g/mol. The number of aromatic amines is 1. The van der Waals surface area contributed by atoms with E-state index in [1.807, 2.05) is 0 Å². The molecule has 10 heteroatoms. The van der Waals surface area contributed by atoms with E-state index in [0.717, 1.165) is 6.07 Å². The number of carbonyl (C=O) groups is 1. The fourth-order valence-corrected chi connectivity index (χ4v) is 3.20. The average molecular weight is 374 g/mol. The van der Waals surface area contributed by atoms with E-state index in [1.54, 1.807) is 11.4 Å². The van der Waals surface area contributed by atoms with Crippen LogP contribution in [0.2, 0.25) is 0 Å². The summed E-state index contributed by atoms with van der Waals surface area (Å²) in [5, 5.41) is 12.7. The number of fused-ring (bicyclic) bond motifs is 1. The Hall–Kier alpha value is -3.27. The maximum absolute atomic E-state index is 12.7. The second-order valence-electron chi connectivity index (χ2n) is 5.45. The number of nitrogens with zero attached hydrogens (tertiary/aromatic N) is 3. The number of aromatic nitrogens is 2. The number of benzene rings is 1. The van der Waals surface area contributed by atoms with Gasteiger partial charge in [-0.3, -0.25) is 19.7 Å². The summed E-state index contributed by atoms with van der Waals surface area (Å²) in [6.45, 7) is 0.0334. The van der Waals surface area contributed by atoms with E-state index in [2.05, 4.69) is 9.97 Å². The second-order valence-corrected chi connectivity index (χ2v) is 6.37. The number of nitro groups is 1. The Morgan fingerprint density at radius 3 is 2.88 bits per heavy atom. The first-order chi connectivity index (χ1) is 12.4. The average Bonchev–Trinajstić information content (AvgIpc) is 3.09. The summed E-state index contributed by atoms with van der Waals surface area (Å²) in [5.74, 6) is 0.0574. The molecule has 9 nitrogen and oxygen atoms in total. The van der Waals surface area contributed by atoms with Gasteiger partial charge in [-0.1, -0.05) is 0 Å². The number of H-pyrrole nitrogens is 1. The van der Waals surface area contributed by atoms with Crippen LogP contribution >= 0.6 is 11.3 Å². The number of amides is 1. The fraction of sp³-hybridized carbons (Fsp3) is 0.188. The van der Waals surface area contributed by atoms with Gasteiger partial charge >= 0.3 is 0 Å². The molecule has 134 valence electrons. The van der Waals surface area contributed by atoms with Gasteiger partial charge < -0.3 is 14.6 Å². The van der Waals surface area contributed by atoms with Gasteiger partial charge in [-0.25, -0.2) is 4.98 Å². The Bertz CT molecular complexity index is 1060. The van der Waals surface area contributed by atoms with Crippen molar-refractivity contribution in [3.8, 4) is 5.75 Å². The molecule has 0 saturated heterocycles. The van der Waals surface area contributed by atoms with E-state index < -0.39 is 10.8 Å². The van der Waals surface area contributed by atoms with Gasteiger partial charge in [-0.2, -0.15) is 0 Å². The maximum atomic E-state index is 12.7. The van der Waals surface area contributed by atoms with Crippen molar-refractivity contribution < 1.29 is 14.5 Å². The monoisotopic (exact) mass is 374 g/mol. The van der Waals surface area contributed by atoms with Crippen LogP contribution in [0.4, 0.5) is 5.69 Å². The van der Waals surface area contributed by atoms with Crippen LogP contribution in [-0.2, 0) is 6.54 Å². The quantitative estimate of drug-likeness (QED) is 0.540. The van der Waals surface area contributed by atoms with Crippen LogP contribution in [0.1, 0.15) is 16.2 Å². The van der Waals surface area contributed by atoms with Gasteiger partial charge in [0.2, 0.25) is 0 Å². The van der Waals surface area contributed by atoms with Crippen LogP contribution < -0.4 is 10.3 Å². The molecule has 1 amide bonds. The first-order valence-corrected chi connectivity index (χ1v) is 8.33. The molecule has 0 atom stereocenters. The zero-order valence-corrected chi connectivity index (χ0v) is 14.7. The maximum Gasteiger partial charge on any atom is 0.270 e. The lowest BCUT2D eigenvalue weighted by molar-refractivity contribution is -0.384. The van der Waals surface area contributed by atoms with Crippen molar-refractivity contribution in [2.45, 2.75) is 6.54 Å². The molecular formula is C16H14N4O5S. The SMILES string of the molecule is COc1ccc([N+](=O)[O-])cc1C(=O)N(C)Cc1nc2ccsc2c(=O)[nH]1. The summed E-state index contributed by atoms with van der Waals surface area (Å²) in [7, 11) is 2.89. The van der Waals surface area contributed by atoms with Gasteiger partial charge in [0.1, 0.15) is 16.3 Å². The van der Waals surface area contributed by atoms with Crippen LogP contribution in [0.15, 0.2) is 34.4 Å². The van der Waals surface area contributed by atoms with Gasteiger partial charge in [0.25, 0.3) is 17.2 Å². The molecule has 0 unspecified atom stereocenters. The van der Waals surface area contributed by atoms with Crippen LogP contribution in [-0.4, -0.2) is 39.9 Å². The van der Waals surface area contributed by atoms with Gasteiger partial charge in [0.15, 0.2) is 0 Å². The van der Waals surface area contributed by atoms with Gasteiger partial charge in [0, 0.05) is 19.2 Å². The summed E-state index contributed by atoms with van der Waals surface area (Å²) in [5.41, 5.74) is 0.133. The number of carbonyl (C=O) groups excluding carboxylic acids is 1. The molecule has 26 heavy (non-hydrogen) atoms. The Morgan fingerprint density at radius 2 is 2.19 bits per heavy atom. The van der Waals surface area contributed by atoms with Crippen molar-refractivity contribution in [1.29, 1.82) is 0 Å². The smallest absolute Gasteiger partial charge is 0.270 e. The normalized spacial score (nSPS) is 10.7. The number of hydrogen-bond donors (Lipinski definition) is 1. The predicted octanol–water partition coefficient (Wildman–Crippen LogP) is 2.17. The highest BCUT2D eigenvalue weighted by Crippen LogP contribution is 2.25. The molecule has 0 radical (unpaired) electrons. The number of nitrogens with one attached hydrogen (secondary N) is 1. The molecule has 0 aliphatic heterocycles. The summed E-state index contributed by atoms with van der Waals surface area (Å²) in [4.78, 5) is 43.4. The van der Waals surface area contributed by atoms with E-state index >= 15 is 0 Å². The third kappa shape index (κ3) is 3.26. The van der Waals surface area contributed by atoms with Crippen molar-refractivity contribution in [1.82, 2.24) is 14.9 Å². The number of nitro benzene ring substituents is 1. The highest BCUT2D eigenvalue weighted by Gasteiger charge is 2.21. The molecule has 0 aliphatic rings. The fourth-order valence-electron chi connectivity index (χ4n) is 2.48. The van der Waals surface area contributed by atoms with Crippen molar-refractivity contribution in [3.05, 3.63) is 61.5 Å². The number of thiophene rings is 1. The molecule has 0 saturated carbocycles. The Kier molecular flexibility index (Phi) is 4.67. The standard InChI is InChI=1S/C16H14N4O5S/c1-19(8-13-17-11-5-6-26-14(11)15(21)18-13)16(22)10-7-9(20(23)24)3-4-12(10)25-2/h3-7H,8H2,1-2H3,(H,17,18,21). The van der Waals surface area contributed by atoms with Crippen molar-refractivity contribution in [2.75, 3.05) is 14.2 Å². The summed E-state index contributed by atoms with van der Waals surface area (Å²) < 4.78 is 5.64. The topological polar surface area (TPSA) is 118 Å². The summed E-state index contributed by atoms with van der Waals surface area (Å²) >= 11 is 1.29. The molecule has 2 aromatic heterocycles. The number of hydrogen-bond acceptors (Lipinski definition) is 7. The zero-order chi connectivity index (χ0) is 18.8. The Balaban J connectivity index is 1.90. The van der Waals surface area contributed by atoms with Crippen LogP contribution in [0.5, 0.6) is 5.75 Å². The van der Waals surface area contributed by atoms with E-state index in [1.165, 1.54) is 42.5 Å². The minimum absolute atomic E-state index is 0.0334. The third-order valence-electron chi connectivity index (χ3n) is 3.72. The zero-order valence-electron chi connectivity index (χ0n) is 13.9. The third-order valence-corrected chi connectivity index (χ3v) is 4.62. The molecule has 0 fully saturated rings. The van der Waals surface area contributed by atoms with E-state index in [0.29, 0.717) is 16.0 Å². The Labute approximate surface area is 151 Å². The molecule has 1 aromatic carbocycles. The first-order valence-electron chi connectivity index (χ1n) is 7.45. The van der Waals surface area contributed by atoms with Gasteiger partial charge in [-0.15, -0.1) is 11.3 Å². The molecule has 3 rings (SSSR count). The first kappa shape index (κ1) is 17.5. The minimum atomic E-state index is -0.584. The van der Waals surface area contributed by atoms with Crippen molar-refractivity contribution in [3.63, 3.8) is 0 Å². The molecule has 0 aliphatic carbocycles. The lowest BCUT2D eigenvalue weighted by atomic mass is 10.1. The number of ether oxygens (including phenoxy) is 1. The number of rotatable bonds is 5. The van der Waals surface area contributed by atoms with Crippen LogP contribution in [0.25, 0.3) is 10.2 Å². The van der Waals surface area contributed by atoms with Gasteiger partial charge in [0.05, 0.1) is 29.7 Å². The molecule has 2 heterocycles. The summed E-state index contributed by atoms with van der Waals surface area (Å²) in [6.07, 6.45) is 0. The van der Waals surface area contributed by atoms with Crippen molar-refractivity contribution >= 4 is 33.1 Å². The van der Waals surface area contributed by atoms with Crippen LogP contribution in [0, 0.1) is 10.1 Å². The summed E-state index contributed by atoms with van der Waals surface area (Å²) in [6, 6.07) is 5.52. The molecule has 1 N–H and O–H groups in total. The van der Waals surface area contributed by atoms with Crippen LogP contribution in [0.3, 0.4) is 0 Å². The van der Waals surface area contributed by atoms with E-state index in [9.17, 15) is 19.7 Å².